The number of esters is 1. The molecule has 5 nitrogen and oxygen atoms in total. The van der Waals surface area contributed by atoms with Crippen LogP contribution in [0.25, 0.3) is 0 Å². The zero-order chi connectivity index (χ0) is 10.3. The van der Waals surface area contributed by atoms with Crippen molar-refractivity contribution >= 4 is 14.1 Å². The number of rotatable bonds is 6. The lowest BCUT2D eigenvalue weighted by Crippen LogP contribution is -2.22. The molecule has 0 bridgehead atoms. The zero-order valence-electron chi connectivity index (χ0n) is 8.12. The Morgan fingerprint density at radius 2 is 2.15 bits per heavy atom. The van der Waals surface area contributed by atoms with E-state index in [-0.39, 0.29) is 12.6 Å². The molecule has 0 aromatic rings. The van der Waals surface area contributed by atoms with Gasteiger partial charge >= 0.3 is 5.97 Å². The molecule has 0 amide bonds. The average Bonchev–Trinajstić information content (AvgIpc) is 2.00. The van der Waals surface area contributed by atoms with Crippen LogP contribution in [-0.4, -0.2) is 25.2 Å². The highest BCUT2D eigenvalue weighted by Crippen LogP contribution is 2.14. The molecule has 0 heterocycles. The largest absolute Gasteiger partial charge is 0.462 e. The van der Waals surface area contributed by atoms with Crippen LogP contribution in [0.5, 0.6) is 0 Å². The summed E-state index contributed by atoms with van der Waals surface area (Å²) in [5.41, 5.74) is 0. The van der Waals surface area contributed by atoms with E-state index >= 15 is 0 Å². The maximum atomic E-state index is 10.9. The van der Waals surface area contributed by atoms with Crippen LogP contribution in [0.15, 0.2) is 0 Å². The summed E-state index contributed by atoms with van der Waals surface area (Å²) in [7, 11) is -2.27. The first kappa shape index (κ1) is 12.6. The van der Waals surface area contributed by atoms with E-state index in [4.69, 9.17) is 9.26 Å². The summed E-state index contributed by atoms with van der Waals surface area (Å²) in [5.74, 6) is -0.423. The lowest BCUT2D eigenvalue weighted by atomic mass is 10.5. The minimum Gasteiger partial charge on any atom is -0.462 e. The third kappa shape index (κ3) is 7.96. The first-order valence-electron chi connectivity index (χ1n) is 4.16. The predicted molar refractivity (Wildman–Crippen MR) is 49.9 cm³/mol. The fourth-order valence-corrected chi connectivity index (χ4v) is 1.28. The van der Waals surface area contributed by atoms with Gasteiger partial charge in [0.2, 0.25) is 0 Å². The summed E-state index contributed by atoms with van der Waals surface area (Å²) in [6.07, 6.45) is -0.149. The smallest absolute Gasteiger partial charge is 0.320 e. The van der Waals surface area contributed by atoms with Crippen molar-refractivity contribution < 1.29 is 18.6 Å². The summed E-state index contributed by atoms with van der Waals surface area (Å²) in [6, 6.07) is 0. The highest BCUT2D eigenvalue weighted by Gasteiger charge is 2.06. The first-order chi connectivity index (χ1) is 6.06. The summed E-state index contributed by atoms with van der Waals surface area (Å²) >= 11 is 0. The van der Waals surface area contributed by atoms with Gasteiger partial charge in [-0.1, -0.05) is 0 Å². The molecule has 0 saturated heterocycles. The van der Waals surface area contributed by atoms with E-state index in [1.54, 1.807) is 20.8 Å². The molecule has 0 spiro atoms. The van der Waals surface area contributed by atoms with E-state index in [1.165, 1.54) is 0 Å². The second-order valence-electron chi connectivity index (χ2n) is 2.61. The predicted octanol–water partition coefficient (Wildman–Crippen LogP) is 0.954. The summed E-state index contributed by atoms with van der Waals surface area (Å²) < 4.78 is 20.4. The molecular formula is C7H16NO4P. The molecule has 0 saturated carbocycles. The van der Waals surface area contributed by atoms with E-state index in [0.717, 1.165) is 0 Å². The van der Waals surface area contributed by atoms with Gasteiger partial charge in [0.25, 0.3) is 8.18 Å². The van der Waals surface area contributed by atoms with Gasteiger partial charge < -0.3 is 9.26 Å². The Morgan fingerprint density at radius 1 is 1.54 bits per heavy atom. The number of carbonyl (C=O) groups excluding carboxylic acids is 1. The van der Waals surface area contributed by atoms with Crippen molar-refractivity contribution in [3.05, 3.63) is 0 Å². The molecule has 0 aliphatic heterocycles. The molecule has 0 aromatic heterocycles. The summed E-state index contributed by atoms with van der Waals surface area (Å²) in [4.78, 5) is 10.9. The van der Waals surface area contributed by atoms with Gasteiger partial charge in [-0.15, -0.1) is 0 Å². The normalized spacial score (nSPS) is 12.9. The zero-order valence-corrected chi connectivity index (χ0v) is 9.12. The Balaban J connectivity index is 3.52. The van der Waals surface area contributed by atoms with Crippen molar-refractivity contribution in [3.8, 4) is 0 Å². The molecule has 0 aliphatic carbocycles. The molecule has 0 aromatic carbocycles. The van der Waals surface area contributed by atoms with Crippen molar-refractivity contribution in [3.63, 3.8) is 0 Å². The minimum atomic E-state index is -2.27. The quantitative estimate of drug-likeness (QED) is 0.521. The van der Waals surface area contributed by atoms with Crippen molar-refractivity contribution in [1.29, 1.82) is 0 Å². The van der Waals surface area contributed by atoms with Crippen LogP contribution in [-0.2, 0) is 18.6 Å². The van der Waals surface area contributed by atoms with Gasteiger partial charge in [0.15, 0.2) is 0 Å². The van der Waals surface area contributed by atoms with E-state index in [2.05, 4.69) is 5.09 Å². The molecule has 0 radical (unpaired) electrons. The van der Waals surface area contributed by atoms with Gasteiger partial charge in [0.1, 0.15) is 6.54 Å². The standard InChI is InChI=1S/C7H16NO4P/c1-4-11-13(10)8-5-7(9)12-6(2)3/h6,13H,4-5H2,1-3H3,(H,8,10). The van der Waals surface area contributed by atoms with Gasteiger partial charge in [-0.3, -0.25) is 9.36 Å². The number of hydrogen-bond donors (Lipinski definition) is 1. The Labute approximate surface area is 78.7 Å². The van der Waals surface area contributed by atoms with E-state index < -0.39 is 14.1 Å². The highest BCUT2D eigenvalue weighted by molar-refractivity contribution is 7.36. The molecule has 78 valence electrons. The van der Waals surface area contributed by atoms with Crippen LogP contribution in [0.1, 0.15) is 20.8 Å². The van der Waals surface area contributed by atoms with Crippen LogP contribution in [0.2, 0.25) is 0 Å². The van der Waals surface area contributed by atoms with Gasteiger partial charge in [0.05, 0.1) is 12.7 Å². The summed E-state index contributed by atoms with van der Waals surface area (Å²) in [5, 5.41) is 2.44. The molecule has 1 N–H and O–H groups in total. The summed E-state index contributed by atoms with van der Waals surface area (Å²) in [6.45, 7) is 5.53. The maximum Gasteiger partial charge on any atom is 0.320 e. The van der Waals surface area contributed by atoms with Crippen molar-refractivity contribution in [2.45, 2.75) is 26.9 Å². The number of nitrogens with one attached hydrogen (secondary N) is 1. The minimum absolute atomic E-state index is 0.0734. The van der Waals surface area contributed by atoms with Crippen LogP contribution in [0.3, 0.4) is 0 Å². The van der Waals surface area contributed by atoms with Crippen molar-refractivity contribution in [2.24, 2.45) is 0 Å². The van der Waals surface area contributed by atoms with Crippen LogP contribution in [0.4, 0.5) is 0 Å². The highest BCUT2D eigenvalue weighted by atomic mass is 31.1. The second-order valence-corrected chi connectivity index (χ2v) is 3.83. The maximum absolute atomic E-state index is 10.9. The number of ether oxygens (including phenoxy) is 1. The fourth-order valence-electron chi connectivity index (χ4n) is 0.631. The van der Waals surface area contributed by atoms with E-state index in [0.29, 0.717) is 6.61 Å². The fraction of sp³-hybridized carbons (Fsp3) is 0.857. The van der Waals surface area contributed by atoms with Crippen LogP contribution in [0, 0.1) is 0 Å². The van der Waals surface area contributed by atoms with Gasteiger partial charge in [-0.25, -0.2) is 5.09 Å². The average molecular weight is 209 g/mol. The van der Waals surface area contributed by atoms with E-state index in [9.17, 15) is 9.36 Å². The molecule has 13 heavy (non-hydrogen) atoms. The topological polar surface area (TPSA) is 64.6 Å². The Hall–Kier alpha value is -0.380. The first-order valence-corrected chi connectivity index (χ1v) is 5.48. The van der Waals surface area contributed by atoms with Gasteiger partial charge in [0, 0.05) is 0 Å². The SMILES string of the molecule is CCO[PH](=O)NCC(=O)OC(C)C. The third-order valence-corrected chi connectivity index (χ3v) is 2.04. The lowest BCUT2D eigenvalue weighted by Gasteiger charge is -2.08. The molecule has 0 aliphatic rings. The molecule has 0 fully saturated rings. The van der Waals surface area contributed by atoms with Gasteiger partial charge in [-0.05, 0) is 20.8 Å². The van der Waals surface area contributed by atoms with Crippen LogP contribution < -0.4 is 5.09 Å². The number of hydrogen-bond acceptors (Lipinski definition) is 4. The molecule has 0 rings (SSSR count). The second kappa shape index (κ2) is 7.06. The third-order valence-electron chi connectivity index (χ3n) is 1.02. The Morgan fingerprint density at radius 3 is 2.62 bits per heavy atom. The van der Waals surface area contributed by atoms with E-state index in [1.807, 2.05) is 0 Å². The molecule has 1 atom stereocenters. The molecule has 1 unspecified atom stereocenters. The Bertz CT molecular complexity index is 183. The van der Waals surface area contributed by atoms with Gasteiger partial charge in [-0.2, -0.15) is 0 Å². The number of carbonyl (C=O) groups is 1. The van der Waals surface area contributed by atoms with Crippen molar-refractivity contribution in [2.75, 3.05) is 13.2 Å². The molecule has 6 heteroatoms. The monoisotopic (exact) mass is 209 g/mol. The molecular weight excluding hydrogens is 193 g/mol. The Kier molecular flexibility index (Phi) is 6.86. The lowest BCUT2D eigenvalue weighted by molar-refractivity contribution is -0.145. The van der Waals surface area contributed by atoms with Crippen molar-refractivity contribution in [1.82, 2.24) is 5.09 Å². The van der Waals surface area contributed by atoms with Crippen LogP contribution >= 0.6 is 8.18 Å².